The van der Waals surface area contributed by atoms with Gasteiger partial charge in [-0.2, -0.15) is 0 Å². The molecule has 2 aliphatic rings. The van der Waals surface area contributed by atoms with E-state index in [4.69, 9.17) is 0 Å². The highest BCUT2D eigenvalue weighted by Gasteiger charge is 2.26. The van der Waals surface area contributed by atoms with Crippen molar-refractivity contribution in [2.45, 2.75) is 55.2 Å². The van der Waals surface area contributed by atoms with Crippen molar-refractivity contribution < 1.29 is 9.59 Å². The van der Waals surface area contributed by atoms with Gasteiger partial charge in [0.1, 0.15) is 0 Å². The van der Waals surface area contributed by atoms with E-state index < -0.39 is 0 Å². The van der Waals surface area contributed by atoms with Gasteiger partial charge in [0.15, 0.2) is 0 Å². The summed E-state index contributed by atoms with van der Waals surface area (Å²) in [5.74, 6) is 0.0512. The van der Waals surface area contributed by atoms with Crippen LogP contribution in [0.4, 0.5) is 5.69 Å². The first-order chi connectivity index (χ1) is 10.6. The number of rotatable bonds is 2. The minimum atomic E-state index is -0.0843. The Morgan fingerprint density at radius 2 is 2.00 bits per heavy atom. The Kier molecular flexibility index (Phi) is 4.43. The first-order valence-corrected chi connectivity index (χ1v) is 8.83. The maximum Gasteiger partial charge on any atom is 0.253 e. The molecule has 1 fully saturated rings. The second-order valence-corrected chi connectivity index (χ2v) is 7.55. The van der Waals surface area contributed by atoms with Gasteiger partial charge in [-0.05, 0) is 38.0 Å². The lowest BCUT2D eigenvalue weighted by atomic mass is 9.94. The lowest BCUT2D eigenvalue weighted by Gasteiger charge is -2.31. The summed E-state index contributed by atoms with van der Waals surface area (Å²) in [6.45, 7) is 1.89. The Bertz CT molecular complexity index is 596. The molecular weight excluding hydrogens is 296 g/mol. The molecule has 1 aliphatic heterocycles. The minimum absolute atomic E-state index is 0.00253. The number of amides is 2. The third-order valence-corrected chi connectivity index (χ3v) is 5.78. The molecule has 1 aromatic carbocycles. The zero-order valence-corrected chi connectivity index (χ0v) is 13.9. The topological polar surface area (TPSA) is 49.4 Å². The lowest BCUT2D eigenvalue weighted by molar-refractivity contribution is -0.115. The number of nitrogens with one attached hydrogen (secondary N) is 1. The fourth-order valence-electron chi connectivity index (χ4n) is 3.18. The summed E-state index contributed by atoms with van der Waals surface area (Å²) in [7, 11) is 1.90. The molecule has 1 unspecified atom stereocenters. The van der Waals surface area contributed by atoms with Gasteiger partial charge in [-0.25, -0.2) is 0 Å². The molecule has 0 radical (unpaired) electrons. The standard InChI is InChI=1S/C17H22N2O2S/c1-11-16(20)18-14-10-12(8-9-15(14)22-11)17(21)19(2)13-6-4-3-5-7-13/h8-11,13H,3-7H2,1-2H3,(H,18,20). The van der Waals surface area contributed by atoms with Crippen molar-refractivity contribution in [3.05, 3.63) is 23.8 Å². The molecule has 5 heteroatoms. The predicted octanol–water partition coefficient (Wildman–Crippen LogP) is 3.52. The molecule has 1 saturated carbocycles. The second kappa shape index (κ2) is 6.32. The highest BCUT2D eigenvalue weighted by molar-refractivity contribution is 8.00. The predicted molar refractivity (Wildman–Crippen MR) is 89.4 cm³/mol. The van der Waals surface area contributed by atoms with Gasteiger partial charge in [-0.1, -0.05) is 19.3 Å². The number of thioether (sulfide) groups is 1. The molecule has 1 atom stereocenters. The Morgan fingerprint density at radius 1 is 1.27 bits per heavy atom. The van der Waals surface area contributed by atoms with Crippen LogP contribution in [-0.4, -0.2) is 35.1 Å². The van der Waals surface area contributed by atoms with Crippen LogP contribution in [-0.2, 0) is 4.79 Å². The number of nitrogens with zero attached hydrogens (tertiary/aromatic N) is 1. The number of benzene rings is 1. The summed E-state index contributed by atoms with van der Waals surface area (Å²) in [4.78, 5) is 27.4. The van der Waals surface area contributed by atoms with Crippen molar-refractivity contribution >= 4 is 29.3 Å². The van der Waals surface area contributed by atoms with Crippen LogP contribution in [0, 0.1) is 0 Å². The Labute approximate surface area is 135 Å². The van der Waals surface area contributed by atoms with E-state index in [1.807, 2.05) is 37.1 Å². The molecule has 2 amide bonds. The third kappa shape index (κ3) is 3.00. The van der Waals surface area contributed by atoms with E-state index in [2.05, 4.69) is 5.32 Å². The summed E-state index contributed by atoms with van der Waals surface area (Å²) in [5.41, 5.74) is 1.42. The Morgan fingerprint density at radius 3 is 2.73 bits per heavy atom. The number of carbonyl (C=O) groups is 2. The highest BCUT2D eigenvalue weighted by Crippen LogP contribution is 2.36. The molecule has 3 rings (SSSR count). The summed E-state index contributed by atoms with van der Waals surface area (Å²) >= 11 is 1.54. The van der Waals surface area contributed by atoms with E-state index in [1.54, 1.807) is 0 Å². The van der Waals surface area contributed by atoms with Crippen LogP contribution in [0.25, 0.3) is 0 Å². The lowest BCUT2D eigenvalue weighted by Crippen LogP contribution is -2.38. The number of carbonyl (C=O) groups excluding carboxylic acids is 2. The average molecular weight is 318 g/mol. The van der Waals surface area contributed by atoms with Crippen LogP contribution in [0.2, 0.25) is 0 Å². The zero-order valence-electron chi connectivity index (χ0n) is 13.1. The SMILES string of the molecule is CC1Sc2ccc(C(=O)N(C)C3CCCCC3)cc2NC1=O. The van der Waals surface area contributed by atoms with Crippen molar-refractivity contribution in [1.29, 1.82) is 0 Å². The van der Waals surface area contributed by atoms with E-state index >= 15 is 0 Å². The summed E-state index contributed by atoms with van der Waals surface area (Å²) in [6.07, 6.45) is 5.88. The Hall–Kier alpha value is -1.49. The van der Waals surface area contributed by atoms with Crippen LogP contribution in [0.15, 0.2) is 23.1 Å². The van der Waals surface area contributed by atoms with E-state index in [0.29, 0.717) is 11.6 Å². The van der Waals surface area contributed by atoms with Gasteiger partial charge >= 0.3 is 0 Å². The molecule has 0 aromatic heterocycles. The van der Waals surface area contributed by atoms with Gasteiger partial charge in [-0.15, -0.1) is 11.8 Å². The molecule has 1 aliphatic carbocycles. The fraction of sp³-hybridized carbons (Fsp3) is 0.529. The summed E-state index contributed by atoms with van der Waals surface area (Å²) < 4.78 is 0. The van der Waals surface area contributed by atoms with E-state index in [1.165, 1.54) is 31.0 Å². The molecular formula is C17H22N2O2S. The Balaban J connectivity index is 1.78. The van der Waals surface area contributed by atoms with Crippen molar-refractivity contribution in [2.24, 2.45) is 0 Å². The highest BCUT2D eigenvalue weighted by atomic mass is 32.2. The first-order valence-electron chi connectivity index (χ1n) is 7.95. The summed E-state index contributed by atoms with van der Waals surface area (Å²) in [5, 5.41) is 2.81. The molecule has 22 heavy (non-hydrogen) atoms. The van der Waals surface area contributed by atoms with Crippen molar-refractivity contribution in [1.82, 2.24) is 4.90 Å². The molecule has 1 aromatic rings. The van der Waals surface area contributed by atoms with Crippen LogP contribution < -0.4 is 5.32 Å². The average Bonchev–Trinajstić information content (AvgIpc) is 2.55. The largest absolute Gasteiger partial charge is 0.339 e. The van der Waals surface area contributed by atoms with Crippen LogP contribution >= 0.6 is 11.8 Å². The van der Waals surface area contributed by atoms with Crippen molar-refractivity contribution in [3.63, 3.8) is 0 Å². The van der Waals surface area contributed by atoms with E-state index in [-0.39, 0.29) is 17.1 Å². The van der Waals surface area contributed by atoms with Gasteiger partial charge in [0.2, 0.25) is 5.91 Å². The van der Waals surface area contributed by atoms with Gasteiger partial charge in [0, 0.05) is 23.5 Å². The zero-order chi connectivity index (χ0) is 15.7. The normalized spacial score (nSPS) is 21.9. The molecule has 0 bridgehead atoms. The fourth-order valence-corrected chi connectivity index (χ4v) is 4.11. The third-order valence-electron chi connectivity index (χ3n) is 4.60. The van der Waals surface area contributed by atoms with E-state index in [9.17, 15) is 9.59 Å². The second-order valence-electron chi connectivity index (χ2n) is 6.17. The maximum absolute atomic E-state index is 12.7. The maximum atomic E-state index is 12.7. The smallest absolute Gasteiger partial charge is 0.253 e. The van der Waals surface area contributed by atoms with Crippen molar-refractivity contribution in [2.75, 3.05) is 12.4 Å². The minimum Gasteiger partial charge on any atom is -0.339 e. The number of hydrogen-bond acceptors (Lipinski definition) is 3. The molecule has 118 valence electrons. The number of fused-ring (bicyclic) bond motifs is 1. The quantitative estimate of drug-likeness (QED) is 0.907. The molecule has 1 heterocycles. The van der Waals surface area contributed by atoms with Gasteiger partial charge in [0.25, 0.3) is 5.91 Å². The monoisotopic (exact) mass is 318 g/mol. The van der Waals surface area contributed by atoms with Crippen LogP contribution in [0.3, 0.4) is 0 Å². The van der Waals surface area contributed by atoms with Crippen LogP contribution in [0.5, 0.6) is 0 Å². The van der Waals surface area contributed by atoms with E-state index in [0.717, 1.165) is 23.4 Å². The van der Waals surface area contributed by atoms with Gasteiger partial charge in [-0.3, -0.25) is 9.59 Å². The van der Waals surface area contributed by atoms with Gasteiger partial charge in [0.05, 0.1) is 10.9 Å². The molecule has 4 nitrogen and oxygen atoms in total. The van der Waals surface area contributed by atoms with Crippen molar-refractivity contribution in [3.8, 4) is 0 Å². The number of hydrogen-bond donors (Lipinski definition) is 1. The van der Waals surface area contributed by atoms with Gasteiger partial charge < -0.3 is 10.2 Å². The summed E-state index contributed by atoms with van der Waals surface area (Å²) in [6, 6.07) is 5.98. The molecule has 0 saturated heterocycles. The van der Waals surface area contributed by atoms with Crippen LogP contribution in [0.1, 0.15) is 49.4 Å². The molecule has 1 N–H and O–H groups in total. The first kappa shape index (κ1) is 15.4. The number of anilines is 1. The molecule has 0 spiro atoms.